The van der Waals surface area contributed by atoms with Gasteiger partial charge in [-0.2, -0.15) is 10.5 Å². The highest BCUT2D eigenvalue weighted by atomic mass is 35.5. The predicted molar refractivity (Wildman–Crippen MR) is 264 cm³/mol. The number of aliphatic imine (C=N–C) groups is 1. The van der Waals surface area contributed by atoms with Crippen molar-refractivity contribution in [3.63, 3.8) is 0 Å². The Balaban J connectivity index is 0.000000458. The lowest BCUT2D eigenvalue weighted by atomic mass is 10.1. The van der Waals surface area contributed by atoms with Crippen molar-refractivity contribution in [2.45, 2.75) is 82.6 Å². The number of hydrogen-bond donors (Lipinski definition) is 4. The summed E-state index contributed by atoms with van der Waals surface area (Å²) in [6.45, 7) is 26.1. The molecule has 0 saturated carbocycles. The van der Waals surface area contributed by atoms with E-state index in [9.17, 15) is 24.0 Å². The highest BCUT2D eigenvalue weighted by Gasteiger charge is 2.12. The van der Waals surface area contributed by atoms with Gasteiger partial charge in [0.1, 0.15) is 0 Å². The van der Waals surface area contributed by atoms with Crippen LogP contribution in [0.4, 0.5) is 27.5 Å². The molecule has 5 rings (SSSR count). The summed E-state index contributed by atoms with van der Waals surface area (Å²) in [5.41, 5.74) is 13.9. The first-order valence-electron chi connectivity index (χ1n) is 21.4. The quantitative estimate of drug-likeness (QED) is 0.0331. The smallest absolute Gasteiger partial charge is 0.372 e. The molecule has 0 aliphatic heterocycles. The molecule has 0 unspecified atom stereocenters. The standard InChI is InChI=1S/C20H25N3O3.C12H16N2O.C8H7ClO.C8H9NO2.C3H8/c1-5-23(6-2)17-11-12-18(15(4)13-17)21-20(25)26-22-19(24)16-9-7-14(3)8-10-16;1-4-14(5-2)11-6-7-12(13-9-15)10(3)8-11;1-6-2-4-7(5-3-6)8(9)10;1-6-2-4-7(5-3-6)8(10)9-11;1-3-2/h7-13H,5-6H2,1-4H3,(H,21,25)(H,22,24);6-8H,4-5H2,1-3H3;2-5H,1H3;2-5,11H,1H3,(H,9,10);3H2,1-2H3. The summed E-state index contributed by atoms with van der Waals surface area (Å²) in [7, 11) is 0. The lowest BCUT2D eigenvalue weighted by Crippen LogP contribution is -2.29. The average molecular weight is 910 g/mol. The molecule has 0 radical (unpaired) electrons. The number of hydrogen-bond acceptors (Lipinski definition) is 10. The molecule has 5 aromatic carbocycles. The molecular weight excluding hydrogens is 844 g/mol. The van der Waals surface area contributed by atoms with Crippen molar-refractivity contribution in [1.82, 2.24) is 11.0 Å². The van der Waals surface area contributed by atoms with Gasteiger partial charge in [-0.3, -0.25) is 24.9 Å². The van der Waals surface area contributed by atoms with Gasteiger partial charge in [0.2, 0.25) is 6.08 Å². The van der Waals surface area contributed by atoms with Gasteiger partial charge in [0.15, 0.2) is 0 Å². The fraction of sp³-hybridized carbons (Fsp3) is 0.314. The van der Waals surface area contributed by atoms with Gasteiger partial charge >= 0.3 is 6.09 Å². The van der Waals surface area contributed by atoms with Crippen molar-refractivity contribution in [3.8, 4) is 0 Å². The van der Waals surface area contributed by atoms with E-state index in [1.54, 1.807) is 48.0 Å². The van der Waals surface area contributed by atoms with Crippen LogP contribution in [-0.4, -0.2) is 60.6 Å². The van der Waals surface area contributed by atoms with Crippen LogP contribution in [0, 0.1) is 34.6 Å². The number of rotatable bonds is 11. The van der Waals surface area contributed by atoms with Crippen LogP contribution in [0.15, 0.2) is 114 Å². The average Bonchev–Trinajstić information content (AvgIpc) is 3.29. The minimum absolute atomic E-state index is 0.403. The lowest BCUT2D eigenvalue weighted by Gasteiger charge is -2.22. The van der Waals surface area contributed by atoms with E-state index in [4.69, 9.17) is 21.6 Å². The third-order valence-corrected chi connectivity index (χ3v) is 9.51. The third kappa shape index (κ3) is 21.0. The molecule has 0 fully saturated rings. The number of hydroxylamine groups is 2. The number of benzene rings is 5. The summed E-state index contributed by atoms with van der Waals surface area (Å²) in [6.07, 6.45) is 2.07. The van der Waals surface area contributed by atoms with Crippen LogP contribution in [0.2, 0.25) is 0 Å². The molecule has 0 bridgehead atoms. The van der Waals surface area contributed by atoms with E-state index < -0.39 is 23.2 Å². The van der Waals surface area contributed by atoms with E-state index >= 15 is 0 Å². The van der Waals surface area contributed by atoms with Crippen LogP contribution in [-0.2, 0) is 9.63 Å². The van der Waals surface area contributed by atoms with Crippen molar-refractivity contribution in [2.75, 3.05) is 41.3 Å². The Morgan fingerprint density at radius 3 is 1.37 bits per heavy atom. The van der Waals surface area contributed by atoms with E-state index in [0.29, 0.717) is 28.1 Å². The first-order chi connectivity index (χ1) is 31.0. The summed E-state index contributed by atoms with van der Waals surface area (Å²) in [4.78, 5) is 68.2. The van der Waals surface area contributed by atoms with E-state index in [1.807, 2.05) is 107 Å². The molecular formula is C51H65ClN6O7. The van der Waals surface area contributed by atoms with Crippen LogP contribution in [0.3, 0.4) is 0 Å². The van der Waals surface area contributed by atoms with Crippen LogP contribution in [0.5, 0.6) is 0 Å². The van der Waals surface area contributed by atoms with Crippen molar-refractivity contribution >= 4 is 63.6 Å². The second-order valence-corrected chi connectivity index (χ2v) is 14.8. The van der Waals surface area contributed by atoms with Crippen LogP contribution >= 0.6 is 11.6 Å². The van der Waals surface area contributed by atoms with Crippen LogP contribution in [0.25, 0.3) is 0 Å². The Labute approximate surface area is 389 Å². The van der Waals surface area contributed by atoms with Crippen molar-refractivity contribution in [1.29, 1.82) is 0 Å². The Morgan fingerprint density at radius 1 is 0.600 bits per heavy atom. The molecule has 0 aliphatic carbocycles. The highest BCUT2D eigenvalue weighted by molar-refractivity contribution is 6.67. The number of carbonyl (C=O) groups is 4. The number of isocyanates is 1. The maximum absolute atomic E-state index is 11.9. The Bertz CT molecular complexity index is 2270. The normalized spacial score (nSPS) is 9.55. The molecule has 0 spiro atoms. The number of anilines is 3. The SMILES string of the molecule is CCC.CCN(CC)c1ccc(N=C=O)c(C)c1.CCN(CC)c1ccc(NC(=O)ONC(=O)c2ccc(C)cc2)c(C)c1.Cc1ccc(C(=O)Cl)cc1.Cc1ccc(C(=O)NO)cc1. The van der Waals surface area contributed by atoms with Crippen molar-refractivity contribution < 1.29 is 34.0 Å². The zero-order valence-corrected chi connectivity index (χ0v) is 40.3. The zero-order chi connectivity index (χ0) is 48.9. The summed E-state index contributed by atoms with van der Waals surface area (Å²) in [5, 5.41) is 10.5. The summed E-state index contributed by atoms with van der Waals surface area (Å²) in [6, 6.07) is 32.7. The van der Waals surface area contributed by atoms with Gasteiger partial charge in [0.25, 0.3) is 17.1 Å². The summed E-state index contributed by atoms with van der Waals surface area (Å²) < 4.78 is 0. The van der Waals surface area contributed by atoms with Crippen molar-refractivity contribution in [3.05, 3.63) is 154 Å². The fourth-order valence-electron chi connectivity index (χ4n) is 5.62. The second-order valence-electron chi connectivity index (χ2n) is 14.5. The number of aryl methyl sites for hydroxylation is 5. The number of nitrogens with one attached hydrogen (secondary N) is 3. The molecule has 14 heteroatoms. The molecule has 13 nitrogen and oxygen atoms in total. The lowest BCUT2D eigenvalue weighted by molar-refractivity contribution is 0.0615. The van der Waals surface area contributed by atoms with Crippen LogP contribution in [0.1, 0.15) is 107 Å². The Hall–Kier alpha value is -6.79. The highest BCUT2D eigenvalue weighted by Crippen LogP contribution is 2.25. The zero-order valence-electron chi connectivity index (χ0n) is 39.5. The molecule has 348 valence electrons. The molecule has 65 heavy (non-hydrogen) atoms. The van der Waals surface area contributed by atoms with Gasteiger partial charge in [-0.1, -0.05) is 73.4 Å². The van der Waals surface area contributed by atoms with Gasteiger partial charge in [0.05, 0.1) is 5.69 Å². The molecule has 0 atom stereocenters. The third-order valence-electron chi connectivity index (χ3n) is 9.29. The molecule has 0 aliphatic rings. The van der Waals surface area contributed by atoms with Crippen LogP contribution < -0.4 is 26.1 Å². The largest absolute Gasteiger partial charge is 0.436 e. The summed E-state index contributed by atoms with van der Waals surface area (Å²) >= 11 is 5.22. The fourth-order valence-corrected chi connectivity index (χ4v) is 5.75. The minimum atomic E-state index is -0.746. The molecule has 4 N–H and O–H groups in total. The maximum Gasteiger partial charge on any atom is 0.436 e. The Kier molecular flexibility index (Phi) is 26.9. The number of halogens is 1. The molecule has 0 heterocycles. The number of nitrogens with zero attached hydrogens (tertiary/aromatic N) is 3. The van der Waals surface area contributed by atoms with Crippen molar-refractivity contribution in [2.24, 2.45) is 4.99 Å². The summed E-state index contributed by atoms with van der Waals surface area (Å²) in [5.74, 6) is -0.959. The molecule has 5 aromatic rings. The monoisotopic (exact) mass is 908 g/mol. The van der Waals surface area contributed by atoms with E-state index in [0.717, 1.165) is 59.7 Å². The first-order valence-corrected chi connectivity index (χ1v) is 21.8. The topological polar surface area (TPSA) is 170 Å². The van der Waals surface area contributed by atoms with E-state index in [2.05, 4.69) is 67.1 Å². The van der Waals surface area contributed by atoms with Gasteiger partial charge in [-0.05, 0) is 158 Å². The molecule has 0 saturated heterocycles. The van der Waals surface area contributed by atoms with Gasteiger partial charge in [-0.25, -0.2) is 15.1 Å². The maximum atomic E-state index is 11.9. The number of amides is 3. The molecule has 0 aromatic heterocycles. The first kappa shape index (κ1) is 56.2. The number of carbonyl (C=O) groups excluding carboxylic acids is 5. The van der Waals surface area contributed by atoms with E-state index in [1.165, 1.54) is 12.1 Å². The van der Waals surface area contributed by atoms with Gasteiger partial charge < -0.3 is 14.6 Å². The molecule has 3 amide bonds. The minimum Gasteiger partial charge on any atom is -0.372 e. The van der Waals surface area contributed by atoms with E-state index in [-0.39, 0.29) is 0 Å². The predicted octanol–water partition coefficient (Wildman–Crippen LogP) is 11.8. The van der Waals surface area contributed by atoms with Gasteiger partial charge in [-0.15, -0.1) is 0 Å². The van der Waals surface area contributed by atoms with Gasteiger partial charge in [0, 0.05) is 59.9 Å². The Morgan fingerprint density at radius 2 is 1.00 bits per heavy atom. The second kappa shape index (κ2) is 31.1.